The highest BCUT2D eigenvalue weighted by Crippen LogP contribution is 2.40. The van der Waals surface area contributed by atoms with Gasteiger partial charge in [0.25, 0.3) is 0 Å². The third-order valence-electron chi connectivity index (χ3n) is 5.26. The second kappa shape index (κ2) is 7.83. The first kappa shape index (κ1) is 19.4. The van der Waals surface area contributed by atoms with Gasteiger partial charge in [0.1, 0.15) is 10.8 Å². The number of aromatic nitrogens is 1. The summed E-state index contributed by atoms with van der Waals surface area (Å²) in [6.07, 6.45) is 0.697. The highest BCUT2D eigenvalue weighted by Gasteiger charge is 2.45. The van der Waals surface area contributed by atoms with Gasteiger partial charge in [-0.05, 0) is 49.1 Å². The summed E-state index contributed by atoms with van der Waals surface area (Å²) >= 11 is 1.50. The number of nitrogens with zero attached hydrogens (tertiary/aromatic N) is 1. The summed E-state index contributed by atoms with van der Waals surface area (Å²) in [6, 6.07) is 13.5. The average molecular weight is 410 g/mol. The number of fused-ring (bicyclic) bond motifs is 2. The molecule has 1 aliphatic carbocycles. The Bertz CT molecular complexity index is 1050. The van der Waals surface area contributed by atoms with Crippen LogP contribution in [0.5, 0.6) is 5.75 Å². The number of benzene rings is 2. The lowest BCUT2D eigenvalue weighted by Crippen LogP contribution is -2.43. The molecule has 0 unspecified atom stereocenters. The zero-order valence-corrected chi connectivity index (χ0v) is 16.9. The van der Waals surface area contributed by atoms with Gasteiger partial charge in [-0.2, -0.15) is 0 Å². The van der Waals surface area contributed by atoms with E-state index in [2.05, 4.69) is 10.3 Å². The maximum atomic E-state index is 13.1. The number of aliphatic carboxylic acids is 1. The number of amides is 1. The molecule has 1 aliphatic rings. The highest BCUT2D eigenvalue weighted by atomic mass is 32.1. The SMILES string of the molecule is CCOc1ccc2nc(CNC(=O)C3(CC(=O)O)Cc4ccccc4C3)sc2c1. The Morgan fingerprint density at radius 2 is 1.93 bits per heavy atom. The lowest BCUT2D eigenvalue weighted by Gasteiger charge is -2.25. The van der Waals surface area contributed by atoms with Gasteiger partial charge in [-0.15, -0.1) is 11.3 Å². The van der Waals surface area contributed by atoms with Crippen LogP contribution in [-0.2, 0) is 29.0 Å². The standard InChI is InChI=1S/C22H22N2O4S/c1-2-28-16-7-8-17-18(9-16)29-19(24-17)13-23-21(27)22(12-20(25)26)10-14-5-3-4-6-15(14)11-22/h3-9H,2,10-13H2,1H3,(H,23,27)(H,25,26). The minimum Gasteiger partial charge on any atom is -0.494 e. The molecule has 1 aromatic heterocycles. The molecule has 0 saturated carbocycles. The Hall–Kier alpha value is -2.93. The molecule has 0 saturated heterocycles. The zero-order valence-electron chi connectivity index (χ0n) is 16.1. The van der Waals surface area contributed by atoms with E-state index < -0.39 is 11.4 Å². The Kier molecular flexibility index (Phi) is 5.24. The van der Waals surface area contributed by atoms with Crippen LogP contribution in [0.2, 0.25) is 0 Å². The molecular formula is C22H22N2O4S. The molecule has 2 aromatic carbocycles. The third-order valence-corrected chi connectivity index (χ3v) is 6.28. The van der Waals surface area contributed by atoms with Crippen LogP contribution in [-0.4, -0.2) is 28.6 Å². The Balaban J connectivity index is 1.50. The van der Waals surface area contributed by atoms with Gasteiger partial charge in [0.15, 0.2) is 0 Å². The van der Waals surface area contributed by atoms with Crippen molar-refractivity contribution in [2.75, 3.05) is 6.61 Å². The number of thiazole rings is 1. The Morgan fingerprint density at radius 1 is 1.21 bits per heavy atom. The van der Waals surface area contributed by atoms with Crippen LogP contribution in [0.25, 0.3) is 10.2 Å². The van der Waals surface area contributed by atoms with E-state index in [1.54, 1.807) is 0 Å². The summed E-state index contributed by atoms with van der Waals surface area (Å²) in [4.78, 5) is 29.1. The van der Waals surface area contributed by atoms with Gasteiger partial charge in [-0.1, -0.05) is 24.3 Å². The number of carbonyl (C=O) groups is 2. The predicted octanol–water partition coefficient (Wildman–Crippen LogP) is 3.57. The summed E-state index contributed by atoms with van der Waals surface area (Å²) in [5.74, 6) is -0.398. The molecular weight excluding hydrogens is 388 g/mol. The number of ether oxygens (including phenoxy) is 1. The number of carboxylic acid groups (broad SMARTS) is 1. The number of nitrogens with one attached hydrogen (secondary N) is 1. The van der Waals surface area contributed by atoms with Crippen molar-refractivity contribution in [3.63, 3.8) is 0 Å². The predicted molar refractivity (Wildman–Crippen MR) is 111 cm³/mol. The summed E-state index contributed by atoms with van der Waals surface area (Å²) in [5, 5.41) is 13.1. The van der Waals surface area contributed by atoms with Crippen LogP contribution < -0.4 is 10.1 Å². The normalized spacial score (nSPS) is 14.5. The fourth-order valence-corrected chi connectivity index (χ4v) is 4.91. The fourth-order valence-electron chi connectivity index (χ4n) is 3.98. The van der Waals surface area contributed by atoms with Gasteiger partial charge >= 0.3 is 5.97 Å². The van der Waals surface area contributed by atoms with Gasteiger partial charge in [0.05, 0.1) is 35.2 Å². The van der Waals surface area contributed by atoms with Crippen LogP contribution in [0, 0.1) is 5.41 Å². The van der Waals surface area contributed by atoms with Crippen molar-refractivity contribution in [2.24, 2.45) is 5.41 Å². The molecule has 4 rings (SSSR count). The van der Waals surface area contributed by atoms with Crippen molar-refractivity contribution in [3.8, 4) is 5.75 Å². The number of carboxylic acids is 1. The molecule has 7 heteroatoms. The summed E-state index contributed by atoms with van der Waals surface area (Å²) < 4.78 is 6.52. The van der Waals surface area contributed by atoms with E-state index in [0.29, 0.717) is 19.4 Å². The van der Waals surface area contributed by atoms with Crippen LogP contribution in [0.15, 0.2) is 42.5 Å². The summed E-state index contributed by atoms with van der Waals surface area (Å²) in [7, 11) is 0. The van der Waals surface area contributed by atoms with E-state index in [-0.39, 0.29) is 18.9 Å². The van der Waals surface area contributed by atoms with Crippen molar-refractivity contribution in [1.82, 2.24) is 10.3 Å². The first-order chi connectivity index (χ1) is 14.0. The van der Waals surface area contributed by atoms with Crippen molar-refractivity contribution in [2.45, 2.75) is 32.7 Å². The summed E-state index contributed by atoms with van der Waals surface area (Å²) in [5.41, 5.74) is 2.00. The minimum atomic E-state index is -0.962. The first-order valence-corrected chi connectivity index (χ1v) is 10.4. The molecule has 0 radical (unpaired) electrons. The zero-order chi connectivity index (χ0) is 20.4. The third kappa shape index (κ3) is 3.96. The monoisotopic (exact) mass is 410 g/mol. The van der Waals surface area contributed by atoms with Gasteiger partial charge in [0.2, 0.25) is 5.91 Å². The van der Waals surface area contributed by atoms with E-state index in [1.807, 2.05) is 49.4 Å². The van der Waals surface area contributed by atoms with Gasteiger partial charge in [-0.3, -0.25) is 9.59 Å². The molecule has 0 atom stereocenters. The lowest BCUT2D eigenvalue weighted by molar-refractivity contribution is -0.145. The van der Waals surface area contributed by atoms with Crippen molar-refractivity contribution >= 4 is 33.4 Å². The minimum absolute atomic E-state index is 0.189. The molecule has 0 aliphatic heterocycles. The van der Waals surface area contributed by atoms with E-state index in [1.165, 1.54) is 11.3 Å². The molecule has 0 bridgehead atoms. The number of hydrogen-bond donors (Lipinski definition) is 2. The van der Waals surface area contributed by atoms with Crippen LogP contribution in [0.3, 0.4) is 0 Å². The quantitative estimate of drug-likeness (QED) is 0.622. The van der Waals surface area contributed by atoms with Crippen LogP contribution >= 0.6 is 11.3 Å². The van der Waals surface area contributed by atoms with Crippen LogP contribution in [0.4, 0.5) is 0 Å². The molecule has 0 spiro atoms. The van der Waals surface area contributed by atoms with Gasteiger partial charge in [-0.25, -0.2) is 4.98 Å². The molecule has 0 fully saturated rings. The van der Waals surface area contributed by atoms with E-state index in [9.17, 15) is 14.7 Å². The summed E-state index contributed by atoms with van der Waals surface area (Å²) in [6.45, 7) is 2.81. The number of carbonyl (C=O) groups excluding carboxylic acids is 1. The van der Waals surface area contributed by atoms with Gasteiger partial charge in [0, 0.05) is 0 Å². The molecule has 1 amide bonds. The van der Waals surface area contributed by atoms with Crippen LogP contribution in [0.1, 0.15) is 29.5 Å². The molecule has 3 aromatic rings. The van der Waals surface area contributed by atoms with Gasteiger partial charge < -0.3 is 15.2 Å². The Labute approximate surface area is 172 Å². The fraction of sp³-hybridized carbons (Fsp3) is 0.318. The molecule has 29 heavy (non-hydrogen) atoms. The maximum Gasteiger partial charge on any atom is 0.304 e. The van der Waals surface area contributed by atoms with E-state index in [4.69, 9.17) is 4.74 Å². The van der Waals surface area contributed by atoms with E-state index in [0.717, 1.165) is 32.1 Å². The lowest BCUT2D eigenvalue weighted by atomic mass is 9.80. The molecule has 1 heterocycles. The molecule has 2 N–H and O–H groups in total. The highest BCUT2D eigenvalue weighted by molar-refractivity contribution is 7.18. The second-order valence-electron chi connectivity index (χ2n) is 7.33. The second-order valence-corrected chi connectivity index (χ2v) is 8.44. The largest absolute Gasteiger partial charge is 0.494 e. The number of hydrogen-bond acceptors (Lipinski definition) is 5. The van der Waals surface area contributed by atoms with Crippen molar-refractivity contribution in [1.29, 1.82) is 0 Å². The molecule has 6 nitrogen and oxygen atoms in total. The smallest absolute Gasteiger partial charge is 0.304 e. The van der Waals surface area contributed by atoms with Crippen molar-refractivity contribution < 1.29 is 19.4 Å². The molecule has 150 valence electrons. The maximum absolute atomic E-state index is 13.1. The van der Waals surface area contributed by atoms with Crippen molar-refractivity contribution in [3.05, 3.63) is 58.6 Å². The Morgan fingerprint density at radius 3 is 2.59 bits per heavy atom. The topological polar surface area (TPSA) is 88.5 Å². The average Bonchev–Trinajstić information content (AvgIpc) is 3.26. The number of rotatable bonds is 7. The first-order valence-electron chi connectivity index (χ1n) is 9.58. The van der Waals surface area contributed by atoms with E-state index >= 15 is 0 Å².